The van der Waals surface area contributed by atoms with E-state index in [9.17, 15) is 9.59 Å². The van der Waals surface area contributed by atoms with Crippen LogP contribution in [0.5, 0.6) is 0 Å². The molecule has 1 aromatic carbocycles. The van der Waals surface area contributed by atoms with Crippen LogP contribution in [0.4, 0.5) is 11.8 Å². The van der Waals surface area contributed by atoms with Gasteiger partial charge in [-0.25, -0.2) is 0 Å². The van der Waals surface area contributed by atoms with Crippen LogP contribution < -0.4 is 10.2 Å². The van der Waals surface area contributed by atoms with Crippen LogP contribution in [-0.2, 0) is 16.0 Å². The molecule has 1 aliphatic rings. The molecule has 1 aliphatic heterocycles. The summed E-state index contributed by atoms with van der Waals surface area (Å²) in [4.78, 5) is 30.9. The molecule has 9 nitrogen and oxygen atoms in total. The Morgan fingerprint density at radius 1 is 1.30 bits per heavy atom. The molecule has 3 heterocycles. The maximum absolute atomic E-state index is 12.6. The van der Waals surface area contributed by atoms with Crippen LogP contribution in [0.3, 0.4) is 0 Å². The minimum atomic E-state index is -0.472. The molecule has 3 aromatic rings. The first-order valence-corrected chi connectivity index (χ1v) is 8.97. The highest BCUT2D eigenvalue weighted by Crippen LogP contribution is 2.29. The van der Waals surface area contributed by atoms with Crippen molar-refractivity contribution in [2.24, 2.45) is 11.8 Å². The van der Waals surface area contributed by atoms with Crippen molar-refractivity contribution in [2.75, 3.05) is 16.8 Å². The number of carbonyl (C=O) groups excluding carboxylic acids is 2. The van der Waals surface area contributed by atoms with Crippen molar-refractivity contribution < 1.29 is 9.59 Å². The molecule has 2 aromatic heterocycles. The van der Waals surface area contributed by atoms with E-state index in [0.29, 0.717) is 11.7 Å². The van der Waals surface area contributed by atoms with E-state index in [2.05, 4.69) is 44.5 Å². The fraction of sp³-hybridized carbons (Fsp3) is 0.389. The molecular formula is C18H21N7O2. The Kier molecular flexibility index (Phi) is 4.35. The zero-order valence-electron chi connectivity index (χ0n) is 15.2. The molecule has 0 aliphatic carbocycles. The third kappa shape index (κ3) is 3.40. The Hall–Kier alpha value is -3.23. The summed E-state index contributed by atoms with van der Waals surface area (Å²) in [5, 5.41) is 17.6. The Morgan fingerprint density at radius 3 is 2.93 bits per heavy atom. The second kappa shape index (κ2) is 6.82. The first kappa shape index (κ1) is 17.2. The van der Waals surface area contributed by atoms with Crippen LogP contribution in [-0.4, -0.2) is 43.7 Å². The highest BCUT2D eigenvalue weighted by atomic mass is 16.2. The van der Waals surface area contributed by atoms with Gasteiger partial charge >= 0.3 is 0 Å². The first-order chi connectivity index (χ1) is 13.0. The van der Waals surface area contributed by atoms with Gasteiger partial charge in [-0.2, -0.15) is 10.1 Å². The molecule has 0 unspecified atom stereocenters. The summed E-state index contributed by atoms with van der Waals surface area (Å²) in [5.74, 6) is 1.11. The van der Waals surface area contributed by atoms with E-state index in [4.69, 9.17) is 0 Å². The number of benzene rings is 1. The zero-order chi connectivity index (χ0) is 19.0. The van der Waals surface area contributed by atoms with Crippen molar-refractivity contribution >= 4 is 34.5 Å². The standard InChI is InChI=1S/C18H21N7O2/c1-10(2)7-14-19-18(24-22-14)20-17(27)11-8-15(26)25(9-11)16-12-5-3-4-6-13(12)21-23-16/h3-6,10-11H,7-9H2,1-2H3,(H,21,23)(H2,19,20,22,24,27)/t11-/m1/s1. The average Bonchev–Trinajstić information content (AvgIpc) is 3.33. The second-order valence-corrected chi connectivity index (χ2v) is 7.19. The predicted molar refractivity (Wildman–Crippen MR) is 100 cm³/mol. The Morgan fingerprint density at radius 2 is 2.11 bits per heavy atom. The van der Waals surface area contributed by atoms with Gasteiger partial charge in [-0.15, -0.1) is 5.10 Å². The number of nitrogens with one attached hydrogen (secondary N) is 3. The molecule has 4 rings (SSSR count). The van der Waals surface area contributed by atoms with E-state index in [1.807, 2.05) is 24.3 Å². The van der Waals surface area contributed by atoms with E-state index in [1.165, 1.54) is 0 Å². The summed E-state index contributed by atoms with van der Waals surface area (Å²) in [7, 11) is 0. The third-order valence-corrected chi connectivity index (χ3v) is 4.57. The molecule has 0 bridgehead atoms. The lowest BCUT2D eigenvalue weighted by molar-refractivity contribution is -0.122. The number of para-hydroxylation sites is 1. The molecule has 140 valence electrons. The molecular weight excluding hydrogens is 346 g/mol. The summed E-state index contributed by atoms with van der Waals surface area (Å²) >= 11 is 0. The quantitative estimate of drug-likeness (QED) is 0.636. The number of nitrogens with zero attached hydrogens (tertiary/aromatic N) is 4. The van der Waals surface area contributed by atoms with Gasteiger partial charge in [-0.1, -0.05) is 26.0 Å². The van der Waals surface area contributed by atoms with Crippen molar-refractivity contribution in [2.45, 2.75) is 26.7 Å². The smallest absolute Gasteiger partial charge is 0.248 e. The fourth-order valence-corrected chi connectivity index (χ4v) is 3.28. The number of aromatic amines is 2. The van der Waals surface area contributed by atoms with Gasteiger partial charge in [0.1, 0.15) is 5.82 Å². The normalized spacial score (nSPS) is 17.2. The monoisotopic (exact) mass is 367 g/mol. The Bertz CT molecular complexity index is 990. The maximum Gasteiger partial charge on any atom is 0.248 e. The van der Waals surface area contributed by atoms with Gasteiger partial charge in [0.15, 0.2) is 5.82 Å². The molecule has 2 amide bonds. The summed E-state index contributed by atoms with van der Waals surface area (Å²) < 4.78 is 0. The first-order valence-electron chi connectivity index (χ1n) is 8.97. The molecule has 1 fully saturated rings. The van der Waals surface area contributed by atoms with E-state index >= 15 is 0 Å². The highest BCUT2D eigenvalue weighted by Gasteiger charge is 2.37. The van der Waals surface area contributed by atoms with Crippen LogP contribution >= 0.6 is 0 Å². The molecule has 1 atom stereocenters. The van der Waals surface area contributed by atoms with E-state index in [0.717, 1.165) is 23.1 Å². The highest BCUT2D eigenvalue weighted by molar-refractivity contribution is 6.06. The number of amides is 2. The summed E-state index contributed by atoms with van der Waals surface area (Å²) in [6.45, 7) is 4.44. The van der Waals surface area contributed by atoms with Crippen molar-refractivity contribution in [1.82, 2.24) is 25.4 Å². The number of fused-ring (bicyclic) bond motifs is 1. The summed E-state index contributed by atoms with van der Waals surface area (Å²) in [5.41, 5.74) is 0.853. The third-order valence-electron chi connectivity index (χ3n) is 4.57. The molecule has 3 N–H and O–H groups in total. The van der Waals surface area contributed by atoms with Gasteiger partial charge in [0.25, 0.3) is 0 Å². The van der Waals surface area contributed by atoms with E-state index in [-0.39, 0.29) is 30.7 Å². The summed E-state index contributed by atoms with van der Waals surface area (Å²) in [6, 6.07) is 7.59. The van der Waals surface area contributed by atoms with Crippen molar-refractivity contribution in [3.63, 3.8) is 0 Å². The number of H-pyrrole nitrogens is 2. The van der Waals surface area contributed by atoms with Crippen molar-refractivity contribution in [3.8, 4) is 0 Å². The van der Waals surface area contributed by atoms with Gasteiger partial charge in [0, 0.05) is 24.8 Å². The maximum atomic E-state index is 12.6. The molecule has 0 spiro atoms. The molecule has 1 saturated heterocycles. The minimum Gasteiger partial charge on any atom is -0.294 e. The molecule has 0 saturated carbocycles. The van der Waals surface area contributed by atoms with E-state index in [1.54, 1.807) is 4.90 Å². The number of anilines is 2. The largest absolute Gasteiger partial charge is 0.294 e. The molecule has 27 heavy (non-hydrogen) atoms. The SMILES string of the molecule is CC(C)Cc1nc(NC(=O)[C@@H]2CC(=O)N(c3n[nH]c4ccccc34)C2)n[nH]1. The van der Waals surface area contributed by atoms with Crippen LogP contribution in [0.15, 0.2) is 24.3 Å². The predicted octanol–water partition coefficient (Wildman–Crippen LogP) is 1.87. The number of hydrogen-bond donors (Lipinski definition) is 3. The number of carbonyl (C=O) groups is 2. The fourth-order valence-electron chi connectivity index (χ4n) is 3.28. The lowest BCUT2D eigenvalue weighted by Gasteiger charge is -2.13. The molecule has 0 radical (unpaired) electrons. The van der Waals surface area contributed by atoms with Gasteiger partial charge in [-0.3, -0.25) is 30.0 Å². The lowest BCUT2D eigenvalue weighted by Crippen LogP contribution is -2.28. The van der Waals surface area contributed by atoms with Crippen molar-refractivity contribution in [1.29, 1.82) is 0 Å². The van der Waals surface area contributed by atoms with Gasteiger partial charge in [0.2, 0.25) is 17.8 Å². The number of rotatable bonds is 5. The number of hydrogen-bond acceptors (Lipinski definition) is 5. The van der Waals surface area contributed by atoms with E-state index < -0.39 is 5.92 Å². The van der Waals surface area contributed by atoms with Crippen LogP contribution in [0.1, 0.15) is 26.1 Å². The van der Waals surface area contributed by atoms with Crippen LogP contribution in [0.25, 0.3) is 10.9 Å². The molecule has 9 heteroatoms. The van der Waals surface area contributed by atoms with Crippen LogP contribution in [0.2, 0.25) is 0 Å². The second-order valence-electron chi connectivity index (χ2n) is 7.19. The van der Waals surface area contributed by atoms with Gasteiger partial charge in [0.05, 0.1) is 11.4 Å². The average molecular weight is 367 g/mol. The Balaban J connectivity index is 1.45. The number of aromatic nitrogens is 5. The zero-order valence-corrected chi connectivity index (χ0v) is 15.2. The lowest BCUT2D eigenvalue weighted by atomic mass is 10.1. The van der Waals surface area contributed by atoms with Gasteiger partial charge in [-0.05, 0) is 18.1 Å². The minimum absolute atomic E-state index is 0.122. The van der Waals surface area contributed by atoms with Crippen LogP contribution in [0, 0.1) is 11.8 Å². The Labute approximate surface area is 155 Å². The summed E-state index contributed by atoms with van der Waals surface area (Å²) in [6.07, 6.45) is 0.890. The topological polar surface area (TPSA) is 120 Å². The van der Waals surface area contributed by atoms with Crippen molar-refractivity contribution in [3.05, 3.63) is 30.1 Å². The van der Waals surface area contributed by atoms with Gasteiger partial charge < -0.3 is 0 Å².